The first kappa shape index (κ1) is 18.6. The number of benzene rings is 2. The Hall–Kier alpha value is -3.21. The normalized spacial score (nSPS) is 20.3. The van der Waals surface area contributed by atoms with Crippen molar-refractivity contribution in [2.24, 2.45) is 4.99 Å². The maximum Gasteiger partial charge on any atom is 0.255 e. The molecule has 1 aliphatic heterocycles. The highest BCUT2D eigenvalue weighted by molar-refractivity contribution is 6.06. The summed E-state index contributed by atoms with van der Waals surface area (Å²) in [6, 6.07) is 17.0. The number of carbonyl (C=O) groups excluding carboxylic acids is 1. The summed E-state index contributed by atoms with van der Waals surface area (Å²) in [6.45, 7) is 1.56. The number of aliphatic imine (C=N–C) groups is 1. The quantitative estimate of drug-likeness (QED) is 0.616. The first-order valence-electron chi connectivity index (χ1n) is 11.3. The molecule has 156 valence electrons. The van der Waals surface area contributed by atoms with Crippen LogP contribution in [0.5, 0.6) is 0 Å². The predicted octanol–water partition coefficient (Wildman–Crippen LogP) is 4.62. The lowest BCUT2D eigenvalue weighted by Gasteiger charge is -2.35. The van der Waals surface area contributed by atoms with Crippen molar-refractivity contribution in [1.82, 2.24) is 14.7 Å². The van der Waals surface area contributed by atoms with Gasteiger partial charge >= 0.3 is 0 Å². The van der Waals surface area contributed by atoms with Gasteiger partial charge in [-0.3, -0.25) is 14.5 Å². The third kappa shape index (κ3) is 3.38. The number of nitrogens with zero attached hydrogens (tertiary/aromatic N) is 4. The van der Waals surface area contributed by atoms with E-state index in [1.165, 1.54) is 16.7 Å². The van der Waals surface area contributed by atoms with Gasteiger partial charge in [0.05, 0.1) is 30.4 Å². The lowest BCUT2D eigenvalue weighted by atomic mass is 9.88. The number of rotatable bonds is 5. The van der Waals surface area contributed by atoms with Crippen LogP contribution in [0.4, 0.5) is 0 Å². The maximum absolute atomic E-state index is 13.8. The van der Waals surface area contributed by atoms with Gasteiger partial charge in [0.2, 0.25) is 0 Å². The van der Waals surface area contributed by atoms with Gasteiger partial charge in [-0.25, -0.2) is 0 Å². The van der Waals surface area contributed by atoms with Crippen molar-refractivity contribution < 1.29 is 4.79 Å². The minimum Gasteiger partial charge on any atom is -0.332 e. The van der Waals surface area contributed by atoms with E-state index < -0.39 is 0 Å². The van der Waals surface area contributed by atoms with Crippen LogP contribution in [0.1, 0.15) is 48.0 Å². The average Bonchev–Trinajstić information content (AvgIpc) is 3.37. The maximum atomic E-state index is 13.8. The minimum absolute atomic E-state index is 0.163. The minimum atomic E-state index is 0.163. The van der Waals surface area contributed by atoms with E-state index in [0.717, 1.165) is 55.1 Å². The van der Waals surface area contributed by atoms with E-state index in [4.69, 9.17) is 0 Å². The number of aromatic nitrogens is 2. The third-order valence-electron chi connectivity index (χ3n) is 6.88. The van der Waals surface area contributed by atoms with Crippen molar-refractivity contribution in [3.8, 4) is 0 Å². The molecule has 2 aliphatic carbocycles. The summed E-state index contributed by atoms with van der Waals surface area (Å²) >= 11 is 0. The summed E-state index contributed by atoms with van der Waals surface area (Å²) in [4.78, 5) is 20.5. The second kappa shape index (κ2) is 7.49. The molecular weight excluding hydrogens is 384 g/mol. The Balaban J connectivity index is 1.32. The largest absolute Gasteiger partial charge is 0.332 e. The molecule has 1 atom stereocenters. The molecule has 0 radical (unpaired) electrons. The van der Waals surface area contributed by atoms with Crippen LogP contribution in [0, 0.1) is 0 Å². The fourth-order valence-electron chi connectivity index (χ4n) is 5.12. The molecule has 0 spiro atoms. The molecule has 0 saturated heterocycles. The Morgan fingerprint density at radius 1 is 1.03 bits per heavy atom. The molecule has 1 unspecified atom stereocenters. The highest BCUT2D eigenvalue weighted by Gasteiger charge is 2.40. The standard InChI is InChI=1S/C26H26N4O/c31-26(30(21-11-12-21)22-10-9-19-14-27-15-20(19)13-22)23-7-4-8-25-24(23)16-28-29(25)17-18-5-2-1-3-6-18/h1-8,15-16,21-22H,9-14,17H2. The highest BCUT2D eigenvalue weighted by atomic mass is 16.2. The van der Waals surface area contributed by atoms with Crippen LogP contribution in [0.3, 0.4) is 0 Å². The van der Waals surface area contributed by atoms with Crippen molar-refractivity contribution in [2.45, 2.75) is 50.7 Å². The van der Waals surface area contributed by atoms with E-state index in [2.05, 4.69) is 33.2 Å². The van der Waals surface area contributed by atoms with Gasteiger partial charge in [0, 0.05) is 23.7 Å². The van der Waals surface area contributed by atoms with Gasteiger partial charge < -0.3 is 4.90 Å². The molecule has 1 fully saturated rings. The molecular formula is C26H26N4O. The second-order valence-corrected chi connectivity index (χ2v) is 8.96. The molecule has 1 saturated carbocycles. The summed E-state index contributed by atoms with van der Waals surface area (Å²) in [7, 11) is 0. The van der Waals surface area contributed by atoms with E-state index in [1.54, 1.807) is 0 Å². The zero-order valence-corrected chi connectivity index (χ0v) is 17.6. The average molecular weight is 411 g/mol. The Labute approximate surface area is 182 Å². The second-order valence-electron chi connectivity index (χ2n) is 8.96. The molecule has 1 amide bonds. The van der Waals surface area contributed by atoms with E-state index >= 15 is 0 Å². The molecule has 6 rings (SSSR count). The van der Waals surface area contributed by atoms with Crippen molar-refractivity contribution in [3.05, 3.63) is 77.0 Å². The summed E-state index contributed by atoms with van der Waals surface area (Å²) in [5.41, 5.74) is 5.84. The SMILES string of the molecule is O=C(c1cccc2c1cnn2Cc1ccccc1)N(C1CC1)C1CCC2=C(C=NC2)C1. The molecule has 3 aliphatic rings. The monoisotopic (exact) mass is 410 g/mol. The topological polar surface area (TPSA) is 50.5 Å². The van der Waals surface area contributed by atoms with Crippen LogP contribution in [-0.4, -0.2) is 45.4 Å². The number of hydrogen-bond acceptors (Lipinski definition) is 3. The fraction of sp³-hybridized carbons (Fsp3) is 0.346. The van der Waals surface area contributed by atoms with Crippen molar-refractivity contribution in [2.75, 3.05) is 6.54 Å². The highest BCUT2D eigenvalue weighted by Crippen LogP contribution is 2.38. The zero-order valence-electron chi connectivity index (χ0n) is 17.6. The van der Waals surface area contributed by atoms with Crippen molar-refractivity contribution in [3.63, 3.8) is 0 Å². The molecule has 1 aromatic heterocycles. The van der Waals surface area contributed by atoms with E-state index in [-0.39, 0.29) is 11.9 Å². The fourth-order valence-corrected chi connectivity index (χ4v) is 5.12. The number of hydrogen-bond donors (Lipinski definition) is 0. The Kier molecular flexibility index (Phi) is 4.48. The third-order valence-corrected chi connectivity index (χ3v) is 6.88. The van der Waals surface area contributed by atoms with Gasteiger partial charge in [-0.05, 0) is 60.9 Å². The molecule has 0 bridgehead atoms. The molecule has 5 nitrogen and oxygen atoms in total. The van der Waals surface area contributed by atoms with Crippen LogP contribution in [0.15, 0.2) is 70.9 Å². The van der Waals surface area contributed by atoms with Gasteiger partial charge in [0.1, 0.15) is 0 Å². The molecule has 5 heteroatoms. The first-order chi connectivity index (χ1) is 15.3. The molecule has 2 heterocycles. The van der Waals surface area contributed by atoms with E-state index in [9.17, 15) is 4.79 Å². The smallest absolute Gasteiger partial charge is 0.255 e. The van der Waals surface area contributed by atoms with Crippen LogP contribution < -0.4 is 0 Å². The lowest BCUT2D eigenvalue weighted by molar-refractivity contribution is 0.0647. The van der Waals surface area contributed by atoms with Crippen molar-refractivity contribution in [1.29, 1.82) is 0 Å². The van der Waals surface area contributed by atoms with Gasteiger partial charge in [-0.2, -0.15) is 5.10 Å². The first-order valence-corrected chi connectivity index (χ1v) is 11.3. The molecule has 3 aromatic rings. The van der Waals surface area contributed by atoms with E-state index in [0.29, 0.717) is 12.6 Å². The number of carbonyl (C=O) groups is 1. The summed E-state index contributed by atoms with van der Waals surface area (Å²) in [5, 5.41) is 5.58. The summed E-state index contributed by atoms with van der Waals surface area (Å²) < 4.78 is 2.00. The Morgan fingerprint density at radius 2 is 1.90 bits per heavy atom. The molecule has 0 N–H and O–H groups in total. The van der Waals surface area contributed by atoms with Gasteiger partial charge in [-0.1, -0.05) is 36.4 Å². The zero-order chi connectivity index (χ0) is 20.8. The van der Waals surface area contributed by atoms with Gasteiger partial charge in [0.15, 0.2) is 0 Å². The molecule has 31 heavy (non-hydrogen) atoms. The summed E-state index contributed by atoms with van der Waals surface area (Å²) in [6.07, 6.45) is 9.19. The van der Waals surface area contributed by atoms with Crippen LogP contribution in [0.2, 0.25) is 0 Å². The molecule has 2 aromatic carbocycles. The number of fused-ring (bicyclic) bond motifs is 1. The van der Waals surface area contributed by atoms with E-state index in [1.807, 2.05) is 47.4 Å². The van der Waals surface area contributed by atoms with Crippen molar-refractivity contribution >= 4 is 23.0 Å². The number of amides is 1. The Bertz CT molecular complexity index is 1200. The van der Waals surface area contributed by atoms with Gasteiger partial charge in [0.25, 0.3) is 5.91 Å². The van der Waals surface area contributed by atoms with Crippen LogP contribution in [-0.2, 0) is 6.54 Å². The predicted molar refractivity (Wildman–Crippen MR) is 122 cm³/mol. The van der Waals surface area contributed by atoms with Crippen LogP contribution in [0.25, 0.3) is 10.9 Å². The summed E-state index contributed by atoms with van der Waals surface area (Å²) in [5.74, 6) is 0.163. The van der Waals surface area contributed by atoms with Gasteiger partial charge in [-0.15, -0.1) is 0 Å². The van der Waals surface area contributed by atoms with Crippen LogP contribution >= 0.6 is 0 Å². The lowest BCUT2D eigenvalue weighted by Crippen LogP contribution is -2.43. The Morgan fingerprint density at radius 3 is 2.74 bits per heavy atom.